The van der Waals surface area contributed by atoms with Crippen LogP contribution in [0.3, 0.4) is 0 Å². The van der Waals surface area contributed by atoms with Crippen LogP contribution in [0, 0.1) is 0 Å². The molecule has 3 aromatic carbocycles. The van der Waals surface area contributed by atoms with Crippen LogP contribution >= 0.6 is 0 Å². The molecule has 2 unspecified atom stereocenters. The fourth-order valence-corrected chi connectivity index (χ4v) is 4.54. The summed E-state index contributed by atoms with van der Waals surface area (Å²) in [5.74, 6) is -0.927. The van der Waals surface area contributed by atoms with Gasteiger partial charge in [0.25, 0.3) is 0 Å². The van der Waals surface area contributed by atoms with Gasteiger partial charge in [0.05, 0.1) is 6.10 Å². The molecule has 2 atom stereocenters. The summed E-state index contributed by atoms with van der Waals surface area (Å²) in [7, 11) is 0. The smallest absolute Gasteiger partial charge is 0.407 e. The number of alkyl carbamates (subject to hydrolysis) is 1. The molecule has 7 nitrogen and oxygen atoms in total. The Labute approximate surface area is 204 Å². The topological polar surface area (TPSA) is 116 Å². The number of aliphatic hydroxyl groups is 2. The van der Waals surface area contributed by atoms with E-state index in [0.717, 1.165) is 27.8 Å². The van der Waals surface area contributed by atoms with Crippen LogP contribution in [0.25, 0.3) is 11.1 Å². The van der Waals surface area contributed by atoms with Gasteiger partial charge < -0.3 is 25.4 Å². The molecule has 0 aliphatic heterocycles. The number of hydrogen-bond acceptors (Lipinski definition) is 5. The number of hydrogen-bond donors (Lipinski definition) is 4. The second-order valence-electron chi connectivity index (χ2n) is 8.69. The molecule has 0 fully saturated rings. The molecule has 1 amide bonds. The lowest BCUT2D eigenvalue weighted by Gasteiger charge is -2.19. The average molecular weight is 476 g/mol. The Morgan fingerprint density at radius 1 is 0.914 bits per heavy atom. The molecule has 0 radical (unpaired) electrons. The second-order valence-corrected chi connectivity index (χ2v) is 8.69. The Hall–Kier alpha value is -3.68. The summed E-state index contributed by atoms with van der Waals surface area (Å²) in [6, 6.07) is 23.1. The van der Waals surface area contributed by atoms with Crippen molar-refractivity contribution in [3.05, 3.63) is 95.1 Å². The van der Waals surface area contributed by atoms with E-state index in [2.05, 4.69) is 29.6 Å². The lowest BCUT2D eigenvalue weighted by molar-refractivity contribution is -0.136. The number of amides is 1. The predicted molar refractivity (Wildman–Crippen MR) is 131 cm³/mol. The zero-order valence-electron chi connectivity index (χ0n) is 19.3. The van der Waals surface area contributed by atoms with Gasteiger partial charge in [-0.2, -0.15) is 0 Å². The summed E-state index contributed by atoms with van der Waals surface area (Å²) >= 11 is 0. The molecule has 182 valence electrons. The van der Waals surface area contributed by atoms with E-state index >= 15 is 0 Å². The number of carboxylic acids is 1. The van der Waals surface area contributed by atoms with Crippen LogP contribution in [0.15, 0.2) is 72.8 Å². The van der Waals surface area contributed by atoms with Gasteiger partial charge in [0.1, 0.15) is 12.7 Å². The summed E-state index contributed by atoms with van der Waals surface area (Å²) < 4.78 is 5.49. The first-order valence-electron chi connectivity index (χ1n) is 11.7. The number of carbonyl (C=O) groups is 2. The Morgan fingerprint density at radius 3 is 2.23 bits per heavy atom. The minimum atomic E-state index is -1.15. The van der Waals surface area contributed by atoms with Gasteiger partial charge in [-0.05, 0) is 46.2 Å². The van der Waals surface area contributed by atoms with E-state index in [9.17, 15) is 19.8 Å². The molecule has 0 bridgehead atoms. The third kappa shape index (κ3) is 5.88. The SMILES string of the molecule is O=C(O)CCc1cccc(C(O)C(O)CCNC(=O)OCC2c3ccccc3-c3ccccc32)c1. The van der Waals surface area contributed by atoms with E-state index in [1.165, 1.54) is 0 Å². The lowest BCUT2D eigenvalue weighted by atomic mass is 9.98. The summed E-state index contributed by atoms with van der Waals surface area (Å²) in [4.78, 5) is 23.1. The zero-order chi connectivity index (χ0) is 24.8. The Kier molecular flexibility index (Phi) is 7.80. The lowest BCUT2D eigenvalue weighted by Crippen LogP contribution is -2.30. The van der Waals surface area contributed by atoms with Crippen molar-refractivity contribution in [1.29, 1.82) is 0 Å². The Bertz CT molecular complexity index is 1150. The van der Waals surface area contributed by atoms with Crippen molar-refractivity contribution in [1.82, 2.24) is 5.32 Å². The van der Waals surface area contributed by atoms with Crippen LogP contribution in [-0.4, -0.2) is 46.6 Å². The molecule has 0 aromatic heterocycles. The fourth-order valence-electron chi connectivity index (χ4n) is 4.54. The van der Waals surface area contributed by atoms with Crippen LogP contribution in [0.5, 0.6) is 0 Å². The van der Waals surface area contributed by atoms with Gasteiger partial charge in [-0.15, -0.1) is 0 Å². The van der Waals surface area contributed by atoms with E-state index in [0.29, 0.717) is 12.0 Å². The second kappa shape index (κ2) is 11.2. The van der Waals surface area contributed by atoms with Crippen LogP contribution in [0.4, 0.5) is 4.79 Å². The Morgan fingerprint density at radius 2 is 1.57 bits per heavy atom. The van der Waals surface area contributed by atoms with Crippen molar-refractivity contribution >= 4 is 12.1 Å². The number of aliphatic hydroxyl groups excluding tert-OH is 2. The highest BCUT2D eigenvalue weighted by Gasteiger charge is 2.29. The number of aliphatic carboxylic acids is 1. The van der Waals surface area contributed by atoms with Crippen molar-refractivity contribution < 1.29 is 29.6 Å². The Balaban J connectivity index is 1.25. The summed E-state index contributed by atoms with van der Waals surface area (Å²) in [5, 5.41) is 32.3. The molecule has 7 heteroatoms. The number of ether oxygens (including phenoxy) is 1. The molecule has 1 aliphatic carbocycles. The number of carbonyl (C=O) groups excluding carboxylic acids is 1. The number of nitrogens with one attached hydrogen (secondary N) is 1. The van der Waals surface area contributed by atoms with Gasteiger partial charge in [-0.1, -0.05) is 72.8 Å². The molecule has 4 N–H and O–H groups in total. The van der Waals surface area contributed by atoms with Gasteiger partial charge >= 0.3 is 12.1 Å². The average Bonchev–Trinajstić information content (AvgIpc) is 3.19. The van der Waals surface area contributed by atoms with E-state index in [1.54, 1.807) is 24.3 Å². The fraction of sp³-hybridized carbons (Fsp3) is 0.286. The summed E-state index contributed by atoms with van der Waals surface area (Å²) in [6.07, 6.45) is -2.36. The molecule has 0 spiro atoms. The highest BCUT2D eigenvalue weighted by Crippen LogP contribution is 2.44. The van der Waals surface area contributed by atoms with E-state index in [1.807, 2.05) is 24.3 Å². The minimum absolute atomic E-state index is 0.00778. The third-order valence-corrected chi connectivity index (χ3v) is 6.34. The molecule has 1 aliphatic rings. The highest BCUT2D eigenvalue weighted by molar-refractivity contribution is 5.79. The molecule has 0 saturated heterocycles. The van der Waals surface area contributed by atoms with Crippen molar-refractivity contribution in [2.75, 3.05) is 13.2 Å². The molecular formula is C28H29NO6. The van der Waals surface area contributed by atoms with E-state index in [-0.39, 0.29) is 31.9 Å². The highest BCUT2D eigenvalue weighted by atomic mass is 16.5. The maximum atomic E-state index is 12.3. The number of rotatable bonds is 10. The van der Waals surface area contributed by atoms with Gasteiger partial charge in [0, 0.05) is 18.9 Å². The molecule has 35 heavy (non-hydrogen) atoms. The monoisotopic (exact) mass is 475 g/mol. The van der Waals surface area contributed by atoms with Crippen molar-refractivity contribution in [3.63, 3.8) is 0 Å². The summed E-state index contributed by atoms with van der Waals surface area (Å²) in [6.45, 7) is 0.335. The van der Waals surface area contributed by atoms with Crippen LogP contribution in [0.2, 0.25) is 0 Å². The van der Waals surface area contributed by atoms with Crippen molar-refractivity contribution in [2.45, 2.75) is 37.4 Å². The maximum Gasteiger partial charge on any atom is 0.407 e. The van der Waals surface area contributed by atoms with E-state index < -0.39 is 24.3 Å². The molecule has 0 heterocycles. The van der Waals surface area contributed by atoms with Crippen molar-refractivity contribution in [2.24, 2.45) is 0 Å². The first kappa shape index (κ1) is 24.4. The summed E-state index contributed by atoms with van der Waals surface area (Å²) in [5.41, 5.74) is 5.84. The first-order chi connectivity index (χ1) is 16.9. The maximum absolute atomic E-state index is 12.3. The van der Waals surface area contributed by atoms with E-state index in [4.69, 9.17) is 9.84 Å². The quantitative estimate of drug-likeness (QED) is 0.352. The van der Waals surface area contributed by atoms with Crippen LogP contribution in [0.1, 0.15) is 47.1 Å². The van der Waals surface area contributed by atoms with Crippen LogP contribution < -0.4 is 5.32 Å². The number of fused-ring (bicyclic) bond motifs is 3. The standard InChI is InChI=1S/C28H29NO6/c30-25(27(33)19-7-5-6-18(16-19)12-13-26(31)32)14-15-29-28(34)35-17-24-22-10-3-1-8-20(22)21-9-2-4-11-23(21)24/h1-11,16,24-25,27,30,33H,12-15,17H2,(H,29,34)(H,31,32). The normalized spacial score (nSPS) is 14.0. The predicted octanol–water partition coefficient (Wildman–Crippen LogP) is 4.03. The first-order valence-corrected chi connectivity index (χ1v) is 11.7. The van der Waals surface area contributed by atoms with Gasteiger partial charge in [0.2, 0.25) is 0 Å². The largest absolute Gasteiger partial charge is 0.481 e. The van der Waals surface area contributed by atoms with Gasteiger partial charge in [0.15, 0.2) is 0 Å². The van der Waals surface area contributed by atoms with Gasteiger partial charge in [-0.25, -0.2) is 4.79 Å². The molecule has 4 rings (SSSR count). The van der Waals surface area contributed by atoms with Gasteiger partial charge in [-0.3, -0.25) is 4.79 Å². The number of carboxylic acid groups (broad SMARTS) is 1. The third-order valence-electron chi connectivity index (χ3n) is 6.34. The van der Waals surface area contributed by atoms with Crippen LogP contribution in [-0.2, 0) is 16.0 Å². The zero-order valence-corrected chi connectivity index (χ0v) is 19.3. The van der Waals surface area contributed by atoms with Crippen molar-refractivity contribution in [3.8, 4) is 11.1 Å². The molecular weight excluding hydrogens is 446 g/mol. The number of benzene rings is 3. The number of aryl methyl sites for hydroxylation is 1. The molecule has 3 aromatic rings. The minimum Gasteiger partial charge on any atom is -0.481 e. The molecule has 0 saturated carbocycles.